The molecule has 0 saturated carbocycles. The molecule has 7 heteroatoms. The fourth-order valence-corrected chi connectivity index (χ4v) is 1.86. The van der Waals surface area contributed by atoms with E-state index in [0.29, 0.717) is 18.7 Å². The van der Waals surface area contributed by atoms with E-state index in [2.05, 4.69) is 15.6 Å². The lowest BCUT2D eigenvalue weighted by Gasteiger charge is -2.14. The molecule has 6 nitrogen and oxygen atoms in total. The van der Waals surface area contributed by atoms with Crippen LogP contribution in [-0.4, -0.2) is 55.7 Å². The minimum absolute atomic E-state index is 0. The number of aliphatic hydroxyl groups is 1. The highest BCUT2D eigenvalue weighted by Gasteiger charge is 2.07. The van der Waals surface area contributed by atoms with Crippen molar-refractivity contribution >= 4 is 35.8 Å². The first-order chi connectivity index (χ1) is 11.0. The first-order valence-corrected chi connectivity index (χ1v) is 7.91. The Morgan fingerprint density at radius 3 is 2.38 bits per heavy atom. The monoisotopic (exact) mass is 448 g/mol. The van der Waals surface area contributed by atoms with Crippen LogP contribution in [0.25, 0.3) is 0 Å². The zero-order valence-electron chi connectivity index (χ0n) is 14.9. The van der Waals surface area contributed by atoms with E-state index in [1.165, 1.54) is 0 Å². The number of carbonyl (C=O) groups excluding carboxylic acids is 1. The Balaban J connectivity index is 0.00000529. The molecule has 1 amide bonds. The molecule has 0 aliphatic carbocycles. The van der Waals surface area contributed by atoms with Crippen LogP contribution in [0.2, 0.25) is 0 Å². The van der Waals surface area contributed by atoms with Gasteiger partial charge in [-0.25, -0.2) is 4.99 Å². The van der Waals surface area contributed by atoms with Gasteiger partial charge >= 0.3 is 0 Å². The number of guanidine groups is 1. The molecule has 0 aliphatic rings. The Morgan fingerprint density at radius 1 is 1.25 bits per heavy atom. The molecule has 1 aromatic rings. The van der Waals surface area contributed by atoms with Crippen LogP contribution in [0.3, 0.4) is 0 Å². The summed E-state index contributed by atoms with van der Waals surface area (Å²) in [7, 11) is 3.48. The first-order valence-electron chi connectivity index (χ1n) is 7.91. The summed E-state index contributed by atoms with van der Waals surface area (Å²) in [5.41, 5.74) is 1.71. The van der Waals surface area contributed by atoms with Gasteiger partial charge in [-0.2, -0.15) is 0 Å². The van der Waals surface area contributed by atoms with Gasteiger partial charge in [0.05, 0.1) is 6.54 Å². The van der Waals surface area contributed by atoms with Crippen molar-refractivity contribution in [2.45, 2.75) is 20.4 Å². The van der Waals surface area contributed by atoms with Crippen LogP contribution in [0.15, 0.2) is 29.3 Å². The maximum atomic E-state index is 11.8. The van der Waals surface area contributed by atoms with E-state index < -0.39 is 0 Å². The van der Waals surface area contributed by atoms with Crippen molar-refractivity contribution < 1.29 is 9.90 Å². The lowest BCUT2D eigenvalue weighted by molar-refractivity contribution is 0.0827. The van der Waals surface area contributed by atoms with Gasteiger partial charge < -0.3 is 20.6 Å². The number of nitrogens with one attached hydrogen (secondary N) is 2. The SMILES string of the molecule is CCNC(=NCc1ccc(C(=O)N(C)C)cc1)NCC(C)CO.I. The Labute approximate surface area is 161 Å². The molecule has 0 aliphatic heterocycles. The molecule has 1 rings (SSSR count). The summed E-state index contributed by atoms with van der Waals surface area (Å²) in [5, 5.41) is 15.4. The maximum absolute atomic E-state index is 11.8. The second-order valence-corrected chi connectivity index (χ2v) is 5.76. The summed E-state index contributed by atoms with van der Waals surface area (Å²) < 4.78 is 0. The number of aliphatic hydroxyl groups excluding tert-OH is 1. The van der Waals surface area contributed by atoms with E-state index >= 15 is 0 Å². The zero-order chi connectivity index (χ0) is 17.2. The van der Waals surface area contributed by atoms with Crippen molar-refractivity contribution in [3.05, 3.63) is 35.4 Å². The van der Waals surface area contributed by atoms with Gasteiger partial charge in [0.1, 0.15) is 0 Å². The third-order valence-corrected chi connectivity index (χ3v) is 3.30. The second-order valence-electron chi connectivity index (χ2n) is 5.76. The molecule has 0 radical (unpaired) electrons. The van der Waals surface area contributed by atoms with E-state index in [9.17, 15) is 4.79 Å². The molecule has 0 bridgehead atoms. The second kappa shape index (κ2) is 12.1. The molecular formula is C17H29IN4O2. The maximum Gasteiger partial charge on any atom is 0.253 e. The number of aliphatic imine (C=N–C) groups is 1. The topological polar surface area (TPSA) is 77.0 Å². The summed E-state index contributed by atoms with van der Waals surface area (Å²) in [6, 6.07) is 7.48. The van der Waals surface area contributed by atoms with E-state index in [-0.39, 0.29) is 42.4 Å². The molecule has 1 unspecified atom stereocenters. The molecule has 1 aromatic carbocycles. The van der Waals surface area contributed by atoms with Crippen molar-refractivity contribution in [2.75, 3.05) is 33.8 Å². The Morgan fingerprint density at radius 2 is 1.88 bits per heavy atom. The Kier molecular flexibility index (Phi) is 11.4. The van der Waals surface area contributed by atoms with Gasteiger partial charge in [0.25, 0.3) is 5.91 Å². The molecule has 0 spiro atoms. The highest BCUT2D eigenvalue weighted by Crippen LogP contribution is 2.07. The van der Waals surface area contributed by atoms with E-state index in [0.717, 1.165) is 18.1 Å². The van der Waals surface area contributed by atoms with Crippen LogP contribution in [0.5, 0.6) is 0 Å². The van der Waals surface area contributed by atoms with Crippen molar-refractivity contribution in [1.82, 2.24) is 15.5 Å². The van der Waals surface area contributed by atoms with Gasteiger partial charge in [0.2, 0.25) is 0 Å². The predicted molar refractivity (Wildman–Crippen MR) is 109 cm³/mol. The lowest BCUT2D eigenvalue weighted by atomic mass is 10.1. The van der Waals surface area contributed by atoms with Crippen LogP contribution in [-0.2, 0) is 6.54 Å². The summed E-state index contributed by atoms with van der Waals surface area (Å²) >= 11 is 0. The lowest BCUT2D eigenvalue weighted by Crippen LogP contribution is -2.39. The molecule has 24 heavy (non-hydrogen) atoms. The average molecular weight is 448 g/mol. The average Bonchev–Trinajstić information content (AvgIpc) is 2.56. The predicted octanol–water partition coefficient (Wildman–Crippen LogP) is 1.69. The Hall–Kier alpha value is -1.35. The van der Waals surface area contributed by atoms with Gasteiger partial charge in [0.15, 0.2) is 5.96 Å². The van der Waals surface area contributed by atoms with Gasteiger partial charge in [0, 0.05) is 39.4 Å². The summed E-state index contributed by atoms with van der Waals surface area (Å²) in [4.78, 5) is 17.9. The van der Waals surface area contributed by atoms with Gasteiger partial charge in [-0.15, -0.1) is 24.0 Å². The smallest absolute Gasteiger partial charge is 0.253 e. The van der Waals surface area contributed by atoms with Crippen molar-refractivity contribution in [2.24, 2.45) is 10.9 Å². The summed E-state index contributed by atoms with van der Waals surface area (Å²) in [6.07, 6.45) is 0. The van der Waals surface area contributed by atoms with Crippen LogP contribution in [0.1, 0.15) is 29.8 Å². The normalized spacial score (nSPS) is 12.1. The standard InChI is InChI=1S/C17H28N4O2.HI/c1-5-18-17(19-10-13(2)12-22)20-11-14-6-8-15(9-7-14)16(23)21(3)4;/h6-9,13,22H,5,10-12H2,1-4H3,(H2,18,19,20);1H. The van der Waals surface area contributed by atoms with Crippen LogP contribution < -0.4 is 10.6 Å². The minimum Gasteiger partial charge on any atom is -0.396 e. The Bertz CT molecular complexity index is 518. The summed E-state index contributed by atoms with van der Waals surface area (Å²) in [6.45, 7) is 6.09. The number of hydrogen-bond donors (Lipinski definition) is 3. The molecule has 0 fully saturated rings. The minimum atomic E-state index is -0.00644. The number of nitrogens with zero attached hydrogens (tertiary/aromatic N) is 2. The molecule has 3 N–H and O–H groups in total. The van der Waals surface area contributed by atoms with Crippen LogP contribution >= 0.6 is 24.0 Å². The largest absolute Gasteiger partial charge is 0.396 e. The molecule has 0 saturated heterocycles. The number of benzene rings is 1. The van der Waals surface area contributed by atoms with Gasteiger partial charge in [-0.1, -0.05) is 19.1 Å². The van der Waals surface area contributed by atoms with Gasteiger partial charge in [-0.3, -0.25) is 4.79 Å². The number of rotatable bonds is 7. The molecule has 136 valence electrons. The molecule has 0 aromatic heterocycles. The first kappa shape index (κ1) is 22.6. The fourth-order valence-electron chi connectivity index (χ4n) is 1.86. The quantitative estimate of drug-likeness (QED) is 0.337. The summed E-state index contributed by atoms with van der Waals surface area (Å²) in [5.74, 6) is 0.893. The number of amides is 1. The highest BCUT2D eigenvalue weighted by atomic mass is 127. The van der Waals surface area contributed by atoms with Crippen molar-refractivity contribution in [3.8, 4) is 0 Å². The van der Waals surface area contributed by atoms with E-state index in [1.807, 2.05) is 38.1 Å². The third kappa shape index (κ3) is 7.96. The zero-order valence-corrected chi connectivity index (χ0v) is 17.2. The number of halogens is 1. The fraction of sp³-hybridized carbons (Fsp3) is 0.529. The van der Waals surface area contributed by atoms with Crippen molar-refractivity contribution in [1.29, 1.82) is 0 Å². The third-order valence-electron chi connectivity index (χ3n) is 3.30. The number of carbonyl (C=O) groups is 1. The molecule has 1 atom stereocenters. The van der Waals surface area contributed by atoms with Crippen LogP contribution in [0, 0.1) is 5.92 Å². The van der Waals surface area contributed by atoms with E-state index in [1.54, 1.807) is 19.0 Å². The van der Waals surface area contributed by atoms with E-state index in [4.69, 9.17) is 5.11 Å². The van der Waals surface area contributed by atoms with Gasteiger partial charge in [-0.05, 0) is 30.5 Å². The number of hydrogen-bond acceptors (Lipinski definition) is 3. The molecular weight excluding hydrogens is 419 g/mol. The van der Waals surface area contributed by atoms with Crippen LogP contribution in [0.4, 0.5) is 0 Å². The highest BCUT2D eigenvalue weighted by molar-refractivity contribution is 14.0. The van der Waals surface area contributed by atoms with Crippen molar-refractivity contribution in [3.63, 3.8) is 0 Å². The molecule has 0 heterocycles.